The molecule has 0 aliphatic heterocycles. The van der Waals surface area contributed by atoms with Crippen LogP contribution in [-0.4, -0.2) is 23.9 Å². The lowest BCUT2D eigenvalue weighted by Gasteiger charge is -2.19. The molecule has 0 aromatic carbocycles. The minimum Gasteiger partial charge on any atom is -0.390 e. The first kappa shape index (κ1) is 17.4. The van der Waals surface area contributed by atoms with Crippen LogP contribution in [0.2, 0.25) is 0 Å². The molecule has 2 atom stereocenters. The largest absolute Gasteiger partial charge is 0.390 e. The van der Waals surface area contributed by atoms with Gasteiger partial charge in [0.2, 0.25) is 0 Å². The summed E-state index contributed by atoms with van der Waals surface area (Å²) in [4.78, 5) is 0. The van der Waals surface area contributed by atoms with E-state index in [1.807, 2.05) is 0 Å². The van der Waals surface area contributed by atoms with Gasteiger partial charge in [0.05, 0.1) is 12.7 Å². The van der Waals surface area contributed by atoms with Gasteiger partial charge < -0.3 is 9.84 Å². The predicted octanol–water partition coefficient (Wildman–Crippen LogP) is 4.25. The zero-order chi connectivity index (χ0) is 13.6. The van der Waals surface area contributed by atoms with Gasteiger partial charge in [-0.25, -0.2) is 0 Å². The molecule has 0 aliphatic carbocycles. The molecule has 1 N–H and O–H groups in total. The lowest BCUT2D eigenvalue weighted by atomic mass is 10.0. The van der Waals surface area contributed by atoms with Crippen molar-refractivity contribution in [3.05, 3.63) is 25.3 Å². The second-order valence-corrected chi connectivity index (χ2v) is 4.80. The number of aliphatic hydroxyl groups excluding tert-OH is 1. The Hall–Kier alpha value is -0.600. The maximum absolute atomic E-state index is 9.95. The summed E-state index contributed by atoms with van der Waals surface area (Å²) in [7, 11) is 0. The van der Waals surface area contributed by atoms with Crippen LogP contribution in [0.15, 0.2) is 25.3 Å². The van der Waals surface area contributed by atoms with Crippen molar-refractivity contribution < 1.29 is 9.84 Å². The molecule has 0 aromatic heterocycles. The fourth-order valence-electron chi connectivity index (χ4n) is 1.99. The average Bonchev–Trinajstić information content (AvgIpc) is 2.38. The monoisotopic (exact) mass is 254 g/mol. The maximum Gasteiger partial charge on any atom is 0.102 e. The fourth-order valence-corrected chi connectivity index (χ4v) is 1.99. The summed E-state index contributed by atoms with van der Waals surface area (Å²) in [5, 5.41) is 9.95. The molecular weight excluding hydrogens is 224 g/mol. The number of hydrogen-bond donors (Lipinski definition) is 1. The van der Waals surface area contributed by atoms with Crippen LogP contribution in [0.1, 0.15) is 58.3 Å². The maximum atomic E-state index is 9.95. The number of ether oxygens (including phenoxy) is 1. The zero-order valence-corrected chi connectivity index (χ0v) is 11.9. The van der Waals surface area contributed by atoms with Crippen LogP contribution in [0.4, 0.5) is 0 Å². The van der Waals surface area contributed by atoms with Gasteiger partial charge in [0, 0.05) is 0 Å². The van der Waals surface area contributed by atoms with Crippen LogP contribution in [0, 0.1) is 0 Å². The normalized spacial score (nSPS) is 14.1. The summed E-state index contributed by atoms with van der Waals surface area (Å²) < 4.78 is 5.43. The van der Waals surface area contributed by atoms with Gasteiger partial charge in [-0.1, -0.05) is 64.0 Å². The third-order valence-corrected chi connectivity index (χ3v) is 3.12. The van der Waals surface area contributed by atoms with Crippen LogP contribution < -0.4 is 0 Å². The topological polar surface area (TPSA) is 29.5 Å². The van der Waals surface area contributed by atoms with Gasteiger partial charge in [0.15, 0.2) is 0 Å². The number of hydrogen-bond acceptors (Lipinski definition) is 2. The Bertz CT molecular complexity index is 201. The molecule has 0 radical (unpaired) electrons. The third-order valence-electron chi connectivity index (χ3n) is 3.12. The molecule has 0 saturated heterocycles. The summed E-state index contributed by atoms with van der Waals surface area (Å²) in [6.07, 6.45) is 12.3. The summed E-state index contributed by atoms with van der Waals surface area (Å²) in [6, 6.07) is 0. The summed E-state index contributed by atoms with van der Waals surface area (Å²) >= 11 is 0. The SMILES string of the molecule is C=CCOC(C=C)C(O)CCCCCCCCC. The minimum absolute atomic E-state index is 0.261. The molecule has 0 bridgehead atoms. The lowest BCUT2D eigenvalue weighted by molar-refractivity contribution is -0.00288. The molecule has 0 saturated carbocycles. The molecule has 0 fully saturated rings. The molecule has 18 heavy (non-hydrogen) atoms. The molecule has 0 aromatic rings. The van der Waals surface area contributed by atoms with E-state index in [4.69, 9.17) is 4.74 Å². The Labute approximate surface area is 113 Å². The van der Waals surface area contributed by atoms with E-state index in [1.165, 1.54) is 38.5 Å². The lowest BCUT2D eigenvalue weighted by Crippen LogP contribution is -2.27. The van der Waals surface area contributed by atoms with Gasteiger partial charge in [-0.15, -0.1) is 13.2 Å². The highest BCUT2D eigenvalue weighted by atomic mass is 16.5. The van der Waals surface area contributed by atoms with Crippen LogP contribution >= 0.6 is 0 Å². The molecular formula is C16H30O2. The van der Waals surface area contributed by atoms with Crippen LogP contribution in [0.25, 0.3) is 0 Å². The molecule has 0 aliphatic rings. The number of aliphatic hydroxyl groups is 1. The van der Waals surface area contributed by atoms with Crippen LogP contribution in [-0.2, 0) is 4.74 Å². The second-order valence-electron chi connectivity index (χ2n) is 4.80. The van der Waals surface area contributed by atoms with Crippen molar-refractivity contribution in [1.29, 1.82) is 0 Å². The standard InChI is InChI=1S/C16H30O2/c1-4-7-8-9-10-11-12-13-15(17)16(6-3)18-14-5-2/h5-6,15-17H,2-4,7-14H2,1H3. The Morgan fingerprint density at radius 2 is 1.67 bits per heavy atom. The molecule has 0 spiro atoms. The number of rotatable bonds is 13. The molecule has 2 nitrogen and oxygen atoms in total. The predicted molar refractivity (Wildman–Crippen MR) is 78.8 cm³/mol. The molecule has 0 heterocycles. The van der Waals surface area contributed by atoms with E-state index in [-0.39, 0.29) is 6.10 Å². The van der Waals surface area contributed by atoms with E-state index in [1.54, 1.807) is 12.2 Å². The van der Waals surface area contributed by atoms with Crippen LogP contribution in [0.5, 0.6) is 0 Å². The van der Waals surface area contributed by atoms with Crippen molar-refractivity contribution in [3.63, 3.8) is 0 Å². The Balaban J connectivity index is 3.51. The number of unbranched alkanes of at least 4 members (excludes halogenated alkanes) is 6. The van der Waals surface area contributed by atoms with Gasteiger partial charge >= 0.3 is 0 Å². The first-order valence-electron chi connectivity index (χ1n) is 7.29. The van der Waals surface area contributed by atoms with Gasteiger partial charge in [0.25, 0.3) is 0 Å². The Morgan fingerprint density at radius 1 is 1.06 bits per heavy atom. The van der Waals surface area contributed by atoms with Crippen molar-refractivity contribution in [2.45, 2.75) is 70.5 Å². The van der Waals surface area contributed by atoms with Crippen LogP contribution in [0.3, 0.4) is 0 Å². The quantitative estimate of drug-likeness (QED) is 0.393. The zero-order valence-electron chi connectivity index (χ0n) is 11.9. The van der Waals surface area contributed by atoms with Crippen molar-refractivity contribution in [2.75, 3.05) is 6.61 Å². The van der Waals surface area contributed by atoms with E-state index in [0.29, 0.717) is 6.61 Å². The highest BCUT2D eigenvalue weighted by molar-refractivity contribution is 4.87. The molecule has 2 unspecified atom stereocenters. The fraction of sp³-hybridized carbons (Fsp3) is 0.750. The van der Waals surface area contributed by atoms with Crippen molar-refractivity contribution in [2.24, 2.45) is 0 Å². The summed E-state index contributed by atoms with van der Waals surface area (Å²) in [6.45, 7) is 9.98. The third kappa shape index (κ3) is 9.43. The smallest absolute Gasteiger partial charge is 0.102 e. The average molecular weight is 254 g/mol. The summed E-state index contributed by atoms with van der Waals surface area (Å²) in [5.41, 5.74) is 0. The molecule has 106 valence electrons. The van der Waals surface area contributed by atoms with E-state index in [9.17, 15) is 5.11 Å². The van der Waals surface area contributed by atoms with Gasteiger partial charge in [-0.05, 0) is 6.42 Å². The second kappa shape index (κ2) is 12.8. The van der Waals surface area contributed by atoms with Gasteiger partial charge in [0.1, 0.15) is 6.10 Å². The minimum atomic E-state index is -0.432. The van der Waals surface area contributed by atoms with E-state index in [0.717, 1.165) is 12.8 Å². The van der Waals surface area contributed by atoms with Gasteiger partial charge in [-0.3, -0.25) is 0 Å². The van der Waals surface area contributed by atoms with Crippen molar-refractivity contribution in [3.8, 4) is 0 Å². The Morgan fingerprint density at radius 3 is 2.22 bits per heavy atom. The highest BCUT2D eigenvalue weighted by Gasteiger charge is 2.15. The summed E-state index contributed by atoms with van der Waals surface area (Å²) in [5.74, 6) is 0. The first-order valence-corrected chi connectivity index (χ1v) is 7.29. The van der Waals surface area contributed by atoms with E-state index >= 15 is 0 Å². The van der Waals surface area contributed by atoms with Crippen molar-refractivity contribution in [1.82, 2.24) is 0 Å². The van der Waals surface area contributed by atoms with Gasteiger partial charge in [-0.2, -0.15) is 0 Å². The van der Waals surface area contributed by atoms with Crippen molar-refractivity contribution >= 4 is 0 Å². The Kier molecular flexibility index (Phi) is 12.4. The highest BCUT2D eigenvalue weighted by Crippen LogP contribution is 2.13. The van der Waals surface area contributed by atoms with E-state index in [2.05, 4.69) is 20.1 Å². The molecule has 0 amide bonds. The van der Waals surface area contributed by atoms with E-state index < -0.39 is 6.10 Å². The first-order chi connectivity index (χ1) is 8.76. The molecule has 2 heteroatoms. The molecule has 0 rings (SSSR count).